The lowest BCUT2D eigenvalue weighted by Crippen LogP contribution is -2.34. The van der Waals surface area contributed by atoms with Gasteiger partial charge in [0.2, 0.25) is 0 Å². The second-order valence-corrected chi connectivity index (χ2v) is 6.93. The first kappa shape index (κ1) is 12.6. The van der Waals surface area contributed by atoms with Crippen LogP contribution in [-0.2, 0) is 6.42 Å². The molecule has 0 aliphatic heterocycles. The van der Waals surface area contributed by atoms with Crippen LogP contribution in [-0.4, -0.2) is 11.7 Å². The first-order valence-corrected chi connectivity index (χ1v) is 7.47. The summed E-state index contributed by atoms with van der Waals surface area (Å²) in [6.07, 6.45) is 5.49. The van der Waals surface area contributed by atoms with Gasteiger partial charge in [0.05, 0.1) is 0 Å². The molecule has 2 fully saturated rings. The van der Waals surface area contributed by atoms with Crippen LogP contribution in [0.3, 0.4) is 0 Å². The Morgan fingerprint density at radius 2 is 2.22 bits per heavy atom. The number of rotatable bonds is 3. The molecule has 98 valence electrons. The zero-order chi connectivity index (χ0) is 12.8. The maximum atomic E-state index is 13.9. The average Bonchev–Trinajstić information content (AvgIpc) is 2.94. The number of aliphatic hydroxyl groups excluding tert-OH is 1. The van der Waals surface area contributed by atoms with Crippen molar-refractivity contribution >= 4 is 15.9 Å². The molecule has 2 aliphatic carbocycles. The monoisotopic (exact) mass is 312 g/mol. The number of aliphatic hydroxyl groups is 1. The van der Waals surface area contributed by atoms with Crippen molar-refractivity contribution in [1.29, 1.82) is 0 Å². The van der Waals surface area contributed by atoms with Gasteiger partial charge in [-0.15, -0.1) is 0 Å². The summed E-state index contributed by atoms with van der Waals surface area (Å²) in [6, 6.07) is 5.10. The molecule has 2 saturated carbocycles. The van der Waals surface area contributed by atoms with Crippen molar-refractivity contribution in [2.75, 3.05) is 6.61 Å². The molecule has 2 bridgehead atoms. The van der Waals surface area contributed by atoms with E-state index in [0.717, 1.165) is 22.4 Å². The molecule has 1 aromatic carbocycles. The van der Waals surface area contributed by atoms with Gasteiger partial charge in [-0.25, -0.2) is 4.39 Å². The number of hydrogen-bond donors (Lipinski definition) is 1. The molecule has 2 aliphatic rings. The number of halogens is 2. The Kier molecular flexibility index (Phi) is 3.23. The molecule has 3 rings (SSSR count). The van der Waals surface area contributed by atoms with Crippen molar-refractivity contribution in [1.82, 2.24) is 0 Å². The molecule has 0 spiro atoms. The maximum Gasteiger partial charge on any atom is 0.126 e. The normalized spacial score (nSPS) is 34.2. The Hall–Kier alpha value is -0.410. The first-order valence-electron chi connectivity index (χ1n) is 6.68. The fourth-order valence-corrected chi connectivity index (χ4v) is 4.49. The Labute approximate surface area is 116 Å². The van der Waals surface area contributed by atoms with Crippen LogP contribution in [0.4, 0.5) is 4.39 Å². The molecule has 3 atom stereocenters. The molecule has 0 heterocycles. The Morgan fingerprint density at radius 3 is 2.83 bits per heavy atom. The van der Waals surface area contributed by atoms with Crippen molar-refractivity contribution in [3.63, 3.8) is 0 Å². The Balaban J connectivity index is 1.88. The smallest absolute Gasteiger partial charge is 0.126 e. The second kappa shape index (κ2) is 4.61. The third-order valence-corrected chi connectivity index (χ3v) is 5.46. The molecule has 0 amide bonds. The molecule has 1 N–H and O–H groups in total. The van der Waals surface area contributed by atoms with Gasteiger partial charge in [-0.2, -0.15) is 0 Å². The van der Waals surface area contributed by atoms with Gasteiger partial charge in [-0.05, 0) is 61.3 Å². The largest absolute Gasteiger partial charge is 0.396 e. The van der Waals surface area contributed by atoms with E-state index >= 15 is 0 Å². The molecule has 18 heavy (non-hydrogen) atoms. The topological polar surface area (TPSA) is 20.2 Å². The fraction of sp³-hybridized carbons (Fsp3) is 0.600. The molecular weight excluding hydrogens is 295 g/mol. The van der Waals surface area contributed by atoms with Crippen LogP contribution in [0.5, 0.6) is 0 Å². The van der Waals surface area contributed by atoms with Crippen molar-refractivity contribution in [2.45, 2.75) is 32.1 Å². The summed E-state index contributed by atoms with van der Waals surface area (Å²) in [5.74, 6) is 1.21. The highest BCUT2D eigenvalue weighted by Crippen LogP contribution is 2.57. The summed E-state index contributed by atoms with van der Waals surface area (Å²) in [5.41, 5.74) is 0.677. The van der Waals surface area contributed by atoms with Gasteiger partial charge < -0.3 is 5.11 Å². The third kappa shape index (κ3) is 2.01. The summed E-state index contributed by atoms with van der Waals surface area (Å²) in [6.45, 7) is 0.195. The average molecular weight is 313 g/mol. The third-order valence-electron chi connectivity index (χ3n) is 4.97. The predicted molar refractivity (Wildman–Crippen MR) is 72.8 cm³/mol. The Bertz CT molecular complexity index is 462. The number of fused-ring (bicyclic) bond motifs is 2. The maximum absolute atomic E-state index is 13.9. The SMILES string of the molecule is OCC1(Cc2cc(Br)ccc2F)CC2CCC1C2. The summed E-state index contributed by atoms with van der Waals surface area (Å²) in [4.78, 5) is 0. The van der Waals surface area contributed by atoms with Crippen LogP contribution in [0.2, 0.25) is 0 Å². The molecule has 1 nitrogen and oxygen atoms in total. The minimum atomic E-state index is -0.145. The van der Waals surface area contributed by atoms with Crippen LogP contribution in [0.15, 0.2) is 22.7 Å². The van der Waals surface area contributed by atoms with Gasteiger partial charge in [0.15, 0.2) is 0 Å². The highest BCUT2D eigenvalue weighted by atomic mass is 79.9. The van der Waals surface area contributed by atoms with E-state index in [1.165, 1.54) is 25.3 Å². The van der Waals surface area contributed by atoms with E-state index in [-0.39, 0.29) is 17.8 Å². The molecule has 0 radical (unpaired) electrons. The second-order valence-electron chi connectivity index (χ2n) is 6.01. The summed E-state index contributed by atoms with van der Waals surface area (Å²) >= 11 is 3.40. The lowest BCUT2D eigenvalue weighted by molar-refractivity contribution is 0.0643. The van der Waals surface area contributed by atoms with E-state index < -0.39 is 0 Å². The lowest BCUT2D eigenvalue weighted by Gasteiger charge is -2.36. The lowest BCUT2D eigenvalue weighted by atomic mass is 9.70. The first-order chi connectivity index (χ1) is 8.63. The van der Waals surface area contributed by atoms with Gasteiger partial charge in [0, 0.05) is 16.5 Å². The van der Waals surface area contributed by atoms with E-state index in [4.69, 9.17) is 0 Å². The zero-order valence-electron chi connectivity index (χ0n) is 10.3. The number of hydrogen-bond acceptors (Lipinski definition) is 1. The summed E-state index contributed by atoms with van der Waals surface area (Å²) in [7, 11) is 0. The van der Waals surface area contributed by atoms with Crippen LogP contribution in [0.1, 0.15) is 31.2 Å². The van der Waals surface area contributed by atoms with E-state index in [1.807, 2.05) is 6.07 Å². The molecular formula is C15H18BrFO. The van der Waals surface area contributed by atoms with E-state index in [0.29, 0.717) is 12.3 Å². The van der Waals surface area contributed by atoms with Gasteiger partial charge in [-0.1, -0.05) is 22.4 Å². The van der Waals surface area contributed by atoms with Crippen molar-refractivity contribution in [2.24, 2.45) is 17.3 Å². The molecule has 1 aromatic rings. The molecule has 0 saturated heterocycles. The predicted octanol–water partition coefficient (Wildman–Crippen LogP) is 3.93. The zero-order valence-corrected chi connectivity index (χ0v) is 11.9. The van der Waals surface area contributed by atoms with Crippen LogP contribution in [0.25, 0.3) is 0 Å². The van der Waals surface area contributed by atoms with E-state index in [1.54, 1.807) is 6.07 Å². The van der Waals surface area contributed by atoms with Gasteiger partial charge in [0.25, 0.3) is 0 Å². The van der Waals surface area contributed by atoms with Gasteiger partial charge in [0.1, 0.15) is 5.82 Å². The van der Waals surface area contributed by atoms with E-state index in [9.17, 15) is 9.50 Å². The minimum absolute atomic E-state index is 0.0649. The van der Waals surface area contributed by atoms with Crippen molar-refractivity contribution < 1.29 is 9.50 Å². The van der Waals surface area contributed by atoms with Crippen molar-refractivity contribution in [3.8, 4) is 0 Å². The fourth-order valence-electron chi connectivity index (χ4n) is 4.08. The summed E-state index contributed by atoms with van der Waals surface area (Å²) < 4.78 is 14.8. The standard InChI is InChI=1S/C15H18BrFO/c16-13-3-4-14(17)11(6-13)8-15(9-18)7-10-1-2-12(15)5-10/h3-4,6,10,12,18H,1-2,5,7-9H2. The van der Waals surface area contributed by atoms with Crippen LogP contribution in [0, 0.1) is 23.1 Å². The minimum Gasteiger partial charge on any atom is -0.396 e. The molecule has 3 unspecified atom stereocenters. The van der Waals surface area contributed by atoms with Gasteiger partial charge >= 0.3 is 0 Å². The summed E-state index contributed by atoms with van der Waals surface area (Å²) in [5, 5.41) is 9.83. The van der Waals surface area contributed by atoms with Gasteiger partial charge in [-0.3, -0.25) is 0 Å². The molecule has 3 heteroatoms. The quantitative estimate of drug-likeness (QED) is 0.896. The highest BCUT2D eigenvalue weighted by molar-refractivity contribution is 9.10. The van der Waals surface area contributed by atoms with Crippen molar-refractivity contribution in [3.05, 3.63) is 34.1 Å². The molecule has 0 aromatic heterocycles. The highest BCUT2D eigenvalue weighted by Gasteiger charge is 2.50. The van der Waals surface area contributed by atoms with E-state index in [2.05, 4.69) is 15.9 Å². The van der Waals surface area contributed by atoms with Crippen LogP contribution >= 0.6 is 15.9 Å². The number of benzene rings is 1. The Morgan fingerprint density at radius 1 is 1.39 bits per heavy atom. The van der Waals surface area contributed by atoms with Crippen LogP contribution < -0.4 is 0 Å².